The van der Waals surface area contributed by atoms with Gasteiger partial charge < -0.3 is 38.9 Å². The Labute approximate surface area is 366 Å². The number of amides is 1. The highest BCUT2D eigenvalue weighted by molar-refractivity contribution is 6.03. The zero-order valence-electron chi connectivity index (χ0n) is 35.8. The van der Waals surface area contributed by atoms with E-state index in [0.717, 1.165) is 53.5 Å². The van der Waals surface area contributed by atoms with Crippen LogP contribution in [-0.2, 0) is 20.9 Å². The molecule has 10 heteroatoms. The lowest BCUT2D eigenvalue weighted by Crippen LogP contribution is -2.69. The molecule has 0 bridgehead atoms. The molecule has 62 heavy (non-hydrogen) atoms. The van der Waals surface area contributed by atoms with Crippen LogP contribution in [0.4, 0.5) is 4.79 Å². The first-order valence-corrected chi connectivity index (χ1v) is 22.0. The molecule has 1 saturated carbocycles. The van der Waals surface area contributed by atoms with Crippen molar-refractivity contribution in [3.8, 4) is 28.4 Å². The second-order valence-electron chi connectivity index (χ2n) is 16.3. The third-order valence-corrected chi connectivity index (χ3v) is 12.4. The van der Waals surface area contributed by atoms with E-state index >= 15 is 0 Å². The van der Waals surface area contributed by atoms with Gasteiger partial charge in [0.1, 0.15) is 29.9 Å². The van der Waals surface area contributed by atoms with Crippen LogP contribution in [0.2, 0.25) is 0 Å². The summed E-state index contributed by atoms with van der Waals surface area (Å²) in [5.41, 5.74) is 5.84. The van der Waals surface area contributed by atoms with E-state index in [1.807, 2.05) is 72.8 Å². The first kappa shape index (κ1) is 44.4. The number of aliphatic hydroxyl groups excluding tert-OH is 2. The first-order chi connectivity index (χ1) is 30.4. The van der Waals surface area contributed by atoms with Gasteiger partial charge in [-0.25, -0.2) is 4.79 Å². The van der Waals surface area contributed by atoms with E-state index in [0.29, 0.717) is 42.2 Å². The smallest absolute Gasteiger partial charge is 0.409 e. The average molecular weight is 841 g/mol. The normalized spacial score (nSPS) is 22.9. The van der Waals surface area contributed by atoms with Crippen LogP contribution in [0.3, 0.4) is 0 Å². The molecule has 0 unspecified atom stereocenters. The summed E-state index contributed by atoms with van der Waals surface area (Å²) in [4.78, 5) is 21.7. The number of aliphatic hydroxyl groups is 2. The predicted molar refractivity (Wildman–Crippen MR) is 242 cm³/mol. The minimum absolute atomic E-state index is 0.0684. The number of rotatable bonds is 21. The van der Waals surface area contributed by atoms with Crippen molar-refractivity contribution in [2.75, 3.05) is 33.5 Å². The highest BCUT2D eigenvalue weighted by Gasteiger charge is 2.65. The van der Waals surface area contributed by atoms with Gasteiger partial charge in [0.05, 0.1) is 24.8 Å². The molecule has 0 saturated heterocycles. The van der Waals surface area contributed by atoms with Crippen LogP contribution in [0.1, 0.15) is 68.4 Å². The standard InChI is InChI=1S/C52H60N2O8/c1-4-6-32-58-51(57)54(3)48-35-46(53-60-36-37-17-9-7-10-18-37)44-33-40(21-13-15-29-55)43(22-14-16-30-56)49-45-34-42(27-28-47(45)62-52(48,50(44)49)59-31-5-2)61-41-25-23-39(24-26-41)38-19-11-8-12-20-38/h4-5,7-12,17-20,23-28,33-34,40,43,48-50,55-56H,1-2,6,13-16,21-22,29-32,35-36H2,3H3/t40-,43+,48-,49+,50+,52+/m0/s1. The zero-order chi connectivity index (χ0) is 43.3. The number of nitrogens with zero attached hydrogens (tertiary/aromatic N) is 2. The van der Waals surface area contributed by atoms with Gasteiger partial charge in [0, 0.05) is 38.2 Å². The van der Waals surface area contributed by atoms with Crippen molar-refractivity contribution in [3.05, 3.63) is 151 Å². The average Bonchev–Trinajstić information content (AvgIpc) is 3.30. The summed E-state index contributed by atoms with van der Waals surface area (Å²) in [6.45, 7) is 8.62. The topological polar surface area (TPSA) is 119 Å². The van der Waals surface area contributed by atoms with Gasteiger partial charge >= 0.3 is 6.09 Å². The number of hydrogen-bond donors (Lipinski definition) is 2. The Morgan fingerprint density at radius 3 is 2.27 bits per heavy atom. The van der Waals surface area contributed by atoms with Crippen LogP contribution >= 0.6 is 0 Å². The van der Waals surface area contributed by atoms with Crippen molar-refractivity contribution in [3.63, 3.8) is 0 Å². The maximum Gasteiger partial charge on any atom is 0.409 e. The van der Waals surface area contributed by atoms with Gasteiger partial charge in [0.15, 0.2) is 0 Å². The van der Waals surface area contributed by atoms with E-state index < -0.39 is 23.8 Å². The van der Waals surface area contributed by atoms with Crippen molar-refractivity contribution in [2.24, 2.45) is 22.9 Å². The van der Waals surface area contributed by atoms with Crippen molar-refractivity contribution >= 4 is 11.8 Å². The van der Waals surface area contributed by atoms with E-state index in [9.17, 15) is 15.0 Å². The number of allylic oxidation sites excluding steroid dienone is 1. The summed E-state index contributed by atoms with van der Waals surface area (Å²) in [6.07, 6.45) is 10.7. The highest BCUT2D eigenvalue weighted by Crippen LogP contribution is 2.62. The van der Waals surface area contributed by atoms with Crippen molar-refractivity contribution < 1.29 is 38.8 Å². The molecule has 7 rings (SSSR count). The summed E-state index contributed by atoms with van der Waals surface area (Å²) in [7, 11) is 1.73. The fraction of sp³-hybridized carbons (Fsp3) is 0.385. The zero-order valence-corrected chi connectivity index (χ0v) is 35.8. The van der Waals surface area contributed by atoms with E-state index in [-0.39, 0.29) is 57.2 Å². The molecule has 0 spiro atoms. The Balaban J connectivity index is 1.36. The maximum absolute atomic E-state index is 14.0. The lowest BCUT2D eigenvalue weighted by atomic mass is 9.55. The van der Waals surface area contributed by atoms with Gasteiger partial charge in [-0.15, -0.1) is 13.2 Å². The Kier molecular flexibility index (Phi) is 15.3. The lowest BCUT2D eigenvalue weighted by molar-refractivity contribution is -0.253. The molecule has 4 aromatic carbocycles. The molecule has 0 aromatic heterocycles. The molecular formula is C52H60N2O8. The number of fused-ring (bicyclic) bond motifs is 2. The van der Waals surface area contributed by atoms with E-state index in [2.05, 4.69) is 49.6 Å². The number of oxime groups is 1. The maximum atomic E-state index is 14.0. The molecule has 0 radical (unpaired) electrons. The minimum Gasteiger partial charge on any atom is -0.459 e. The van der Waals surface area contributed by atoms with Gasteiger partial charge in [0.2, 0.25) is 5.79 Å². The summed E-state index contributed by atoms with van der Waals surface area (Å²) >= 11 is 0. The minimum atomic E-state index is -1.39. The molecule has 3 aliphatic rings. The Morgan fingerprint density at radius 1 is 0.871 bits per heavy atom. The van der Waals surface area contributed by atoms with Crippen LogP contribution in [0.5, 0.6) is 17.2 Å². The largest absolute Gasteiger partial charge is 0.459 e. The van der Waals surface area contributed by atoms with Gasteiger partial charge in [-0.1, -0.05) is 109 Å². The number of hydrogen-bond acceptors (Lipinski definition) is 9. The second-order valence-corrected chi connectivity index (χ2v) is 16.3. The Hall–Kier alpha value is -5.68. The fourth-order valence-corrected chi connectivity index (χ4v) is 9.49. The molecule has 6 atom stereocenters. The number of benzene rings is 4. The molecule has 10 nitrogen and oxygen atoms in total. The molecule has 2 aliphatic carbocycles. The van der Waals surface area contributed by atoms with Crippen LogP contribution in [0, 0.1) is 17.8 Å². The SMILES string of the molecule is C=CCCOC(=O)N(C)[C@H]1CC(=NOCc2ccccc2)C2=C[C@H](CCCCO)[C@@H](CCCCO)[C@@H]3c4cc(Oc5ccc(-c6ccccc6)cc5)ccc4O[C@@]1(OCC=C)[C@H]23. The summed E-state index contributed by atoms with van der Waals surface area (Å²) in [6, 6.07) is 33.5. The molecule has 1 aliphatic heterocycles. The van der Waals surface area contributed by atoms with Crippen molar-refractivity contribution in [1.82, 2.24) is 4.90 Å². The molecule has 1 fully saturated rings. The van der Waals surface area contributed by atoms with Crippen LogP contribution in [0.25, 0.3) is 11.1 Å². The Morgan fingerprint density at radius 2 is 1.56 bits per heavy atom. The van der Waals surface area contributed by atoms with Gasteiger partial charge in [-0.2, -0.15) is 0 Å². The van der Waals surface area contributed by atoms with Gasteiger partial charge in [-0.3, -0.25) is 0 Å². The molecule has 326 valence electrons. The second kappa shape index (κ2) is 21.4. The summed E-state index contributed by atoms with van der Waals surface area (Å²) in [5.74, 6) is 0.132. The van der Waals surface area contributed by atoms with Crippen molar-refractivity contribution in [2.45, 2.75) is 75.7 Å². The highest BCUT2D eigenvalue weighted by atomic mass is 16.7. The quantitative estimate of drug-likeness (QED) is 0.0484. The van der Waals surface area contributed by atoms with Crippen LogP contribution < -0.4 is 9.47 Å². The molecule has 1 heterocycles. The van der Waals surface area contributed by atoms with Crippen molar-refractivity contribution in [1.29, 1.82) is 0 Å². The van der Waals surface area contributed by atoms with Crippen LogP contribution in [-0.4, -0.2) is 72.2 Å². The molecule has 4 aromatic rings. The number of ether oxygens (including phenoxy) is 4. The molecule has 2 N–H and O–H groups in total. The third-order valence-electron chi connectivity index (χ3n) is 12.4. The molecular weight excluding hydrogens is 781 g/mol. The number of likely N-dealkylation sites (N-methyl/N-ethyl adjacent to an activating group) is 1. The summed E-state index contributed by atoms with van der Waals surface area (Å²) < 4.78 is 26.6. The van der Waals surface area contributed by atoms with Gasteiger partial charge in [-0.05, 0) is 96.5 Å². The predicted octanol–water partition coefficient (Wildman–Crippen LogP) is 10.6. The lowest BCUT2D eigenvalue weighted by Gasteiger charge is -2.59. The summed E-state index contributed by atoms with van der Waals surface area (Å²) in [5, 5.41) is 24.8. The molecule has 1 amide bonds. The third kappa shape index (κ3) is 9.99. The van der Waals surface area contributed by atoms with Gasteiger partial charge in [0.25, 0.3) is 0 Å². The number of unbranched alkanes of at least 4 members (excludes halogenated alkanes) is 2. The first-order valence-electron chi connectivity index (χ1n) is 22.0. The number of carbonyl (C=O) groups excluding carboxylic acids is 1. The van der Waals surface area contributed by atoms with E-state index in [1.165, 1.54) is 0 Å². The van der Waals surface area contributed by atoms with E-state index in [4.69, 9.17) is 28.9 Å². The number of carbonyl (C=O) groups is 1. The monoisotopic (exact) mass is 840 g/mol. The fourth-order valence-electron chi connectivity index (χ4n) is 9.49. The van der Waals surface area contributed by atoms with Crippen LogP contribution in [0.15, 0.2) is 145 Å². The Bertz CT molecular complexity index is 2160. The van der Waals surface area contributed by atoms with E-state index in [1.54, 1.807) is 24.1 Å².